The maximum absolute atomic E-state index is 12.8. The Labute approximate surface area is 172 Å². The number of fused-ring (bicyclic) bond motifs is 1. The van der Waals surface area contributed by atoms with E-state index in [1.165, 1.54) is 13.0 Å². The number of piperidine rings is 1. The molecule has 0 bridgehead atoms. The lowest BCUT2D eigenvalue weighted by Crippen LogP contribution is -2.39. The Morgan fingerprint density at radius 1 is 1.17 bits per heavy atom. The first-order valence-corrected chi connectivity index (χ1v) is 9.31. The average Bonchev–Trinajstić information content (AvgIpc) is 3.11. The lowest BCUT2D eigenvalue weighted by atomic mass is 9.95. The van der Waals surface area contributed by atoms with Gasteiger partial charge < -0.3 is 14.8 Å². The normalized spacial score (nSPS) is 17.6. The average molecular weight is 431 g/mol. The summed E-state index contributed by atoms with van der Waals surface area (Å²) in [5.41, 5.74) is -0.662. The van der Waals surface area contributed by atoms with Crippen LogP contribution >= 0.6 is 12.4 Å². The van der Waals surface area contributed by atoms with E-state index in [4.69, 9.17) is 0 Å². The number of aromatic nitrogens is 4. The second-order valence-electron chi connectivity index (χ2n) is 7.20. The maximum Gasteiger partial charge on any atom is 0.433 e. The molecule has 11 heteroatoms. The number of likely N-dealkylation sites (tertiary alicyclic amines) is 1. The third-order valence-electron chi connectivity index (χ3n) is 5.41. The first-order valence-electron chi connectivity index (χ1n) is 9.31. The van der Waals surface area contributed by atoms with Crippen LogP contribution in [0.25, 0.3) is 0 Å². The predicted octanol–water partition coefficient (Wildman–Crippen LogP) is 2.55. The predicted molar refractivity (Wildman–Crippen MR) is 101 cm³/mol. The van der Waals surface area contributed by atoms with Crippen LogP contribution in [0, 0.1) is 6.92 Å². The van der Waals surface area contributed by atoms with E-state index in [-0.39, 0.29) is 35.5 Å². The van der Waals surface area contributed by atoms with Gasteiger partial charge in [0.1, 0.15) is 17.3 Å². The molecule has 158 valence electrons. The summed E-state index contributed by atoms with van der Waals surface area (Å²) in [6.45, 7) is 4.94. The van der Waals surface area contributed by atoms with Gasteiger partial charge in [0.15, 0.2) is 0 Å². The zero-order valence-corrected chi connectivity index (χ0v) is 16.7. The summed E-state index contributed by atoms with van der Waals surface area (Å²) in [6.07, 6.45) is -3.01. The fourth-order valence-corrected chi connectivity index (χ4v) is 3.87. The number of halogens is 4. The molecule has 0 unspecified atom stereocenters. The second kappa shape index (κ2) is 8.27. The second-order valence-corrected chi connectivity index (χ2v) is 7.20. The van der Waals surface area contributed by atoms with Crippen LogP contribution in [0.5, 0.6) is 0 Å². The molecule has 2 aliphatic heterocycles. The standard InChI is InChI=1S/C18H21F3N6O.ClH/c1-11-13(2-3-14(23-11)18(19,20)21)17(28)26-7-4-12(5-8-26)16-25-24-15-10-22-6-9-27(15)16;/h2-3,12,22H,4-10H2,1H3;1H. The van der Waals surface area contributed by atoms with Crippen molar-refractivity contribution in [1.29, 1.82) is 0 Å². The molecule has 1 N–H and O–H groups in total. The zero-order valence-electron chi connectivity index (χ0n) is 15.9. The van der Waals surface area contributed by atoms with E-state index in [2.05, 4.69) is 25.1 Å². The summed E-state index contributed by atoms with van der Waals surface area (Å²) in [7, 11) is 0. The number of hydrogen-bond donors (Lipinski definition) is 1. The molecular formula is C18H22ClF3N6O. The Bertz CT molecular complexity index is 892. The molecule has 1 amide bonds. The van der Waals surface area contributed by atoms with Crippen LogP contribution < -0.4 is 5.32 Å². The van der Waals surface area contributed by atoms with E-state index < -0.39 is 11.9 Å². The summed E-state index contributed by atoms with van der Waals surface area (Å²) in [5, 5.41) is 11.9. The highest BCUT2D eigenvalue weighted by Gasteiger charge is 2.34. The van der Waals surface area contributed by atoms with Gasteiger partial charge in [0.25, 0.3) is 5.91 Å². The largest absolute Gasteiger partial charge is 0.433 e. The van der Waals surface area contributed by atoms with Crippen molar-refractivity contribution in [3.05, 3.63) is 40.7 Å². The van der Waals surface area contributed by atoms with E-state index in [0.717, 1.165) is 43.6 Å². The van der Waals surface area contributed by atoms with Crippen LogP contribution in [0.15, 0.2) is 12.1 Å². The van der Waals surface area contributed by atoms with Crippen molar-refractivity contribution in [3.8, 4) is 0 Å². The molecule has 1 saturated heterocycles. The van der Waals surface area contributed by atoms with Crippen molar-refractivity contribution >= 4 is 18.3 Å². The first-order chi connectivity index (χ1) is 13.3. The van der Waals surface area contributed by atoms with Crippen LogP contribution in [0.4, 0.5) is 13.2 Å². The summed E-state index contributed by atoms with van der Waals surface area (Å²) >= 11 is 0. The van der Waals surface area contributed by atoms with E-state index >= 15 is 0 Å². The van der Waals surface area contributed by atoms with Gasteiger partial charge in [0, 0.05) is 32.1 Å². The van der Waals surface area contributed by atoms with E-state index in [1.54, 1.807) is 4.90 Å². The van der Waals surface area contributed by atoms with Crippen molar-refractivity contribution in [2.75, 3.05) is 19.6 Å². The molecule has 0 aromatic carbocycles. The number of nitrogens with zero attached hydrogens (tertiary/aromatic N) is 5. The molecule has 2 aromatic heterocycles. The van der Waals surface area contributed by atoms with Crippen molar-refractivity contribution in [3.63, 3.8) is 0 Å². The van der Waals surface area contributed by atoms with Crippen LogP contribution in [-0.4, -0.2) is 50.2 Å². The van der Waals surface area contributed by atoms with Crippen LogP contribution in [0.1, 0.15) is 52.2 Å². The quantitative estimate of drug-likeness (QED) is 0.792. The molecule has 0 spiro atoms. The number of amides is 1. The van der Waals surface area contributed by atoms with Gasteiger partial charge in [-0.15, -0.1) is 22.6 Å². The van der Waals surface area contributed by atoms with E-state index in [9.17, 15) is 18.0 Å². The molecule has 4 rings (SSSR count). The molecular weight excluding hydrogens is 409 g/mol. The lowest BCUT2D eigenvalue weighted by Gasteiger charge is -2.32. The molecule has 1 fully saturated rings. The van der Waals surface area contributed by atoms with Gasteiger partial charge >= 0.3 is 6.18 Å². The van der Waals surface area contributed by atoms with Crippen molar-refractivity contribution < 1.29 is 18.0 Å². The van der Waals surface area contributed by atoms with Crippen molar-refractivity contribution in [2.24, 2.45) is 0 Å². The highest BCUT2D eigenvalue weighted by Crippen LogP contribution is 2.30. The zero-order chi connectivity index (χ0) is 19.9. The fourth-order valence-electron chi connectivity index (χ4n) is 3.87. The van der Waals surface area contributed by atoms with Crippen LogP contribution in [0.2, 0.25) is 0 Å². The molecule has 29 heavy (non-hydrogen) atoms. The minimum atomic E-state index is -4.52. The molecule has 0 radical (unpaired) electrons. The van der Waals surface area contributed by atoms with Gasteiger partial charge in [-0.3, -0.25) is 4.79 Å². The lowest BCUT2D eigenvalue weighted by molar-refractivity contribution is -0.141. The molecule has 4 heterocycles. The van der Waals surface area contributed by atoms with Gasteiger partial charge in [-0.25, -0.2) is 4.98 Å². The van der Waals surface area contributed by atoms with E-state index in [1.807, 2.05) is 0 Å². The summed E-state index contributed by atoms with van der Waals surface area (Å²) in [6, 6.07) is 2.09. The van der Waals surface area contributed by atoms with Gasteiger partial charge in [-0.1, -0.05) is 0 Å². The highest BCUT2D eigenvalue weighted by atomic mass is 35.5. The minimum absolute atomic E-state index is 0. The van der Waals surface area contributed by atoms with Crippen LogP contribution in [-0.2, 0) is 19.3 Å². The monoisotopic (exact) mass is 430 g/mol. The van der Waals surface area contributed by atoms with Gasteiger partial charge in [0.2, 0.25) is 0 Å². The number of hydrogen-bond acceptors (Lipinski definition) is 5. The summed E-state index contributed by atoms with van der Waals surface area (Å²) < 4.78 is 40.5. The number of carbonyl (C=O) groups excluding carboxylic acids is 1. The van der Waals surface area contributed by atoms with Gasteiger partial charge in [-0.05, 0) is 31.9 Å². The molecule has 0 saturated carbocycles. The first kappa shape index (κ1) is 21.5. The number of carbonyl (C=O) groups is 1. The topological polar surface area (TPSA) is 75.9 Å². The number of nitrogens with one attached hydrogen (secondary N) is 1. The molecule has 2 aromatic rings. The van der Waals surface area contributed by atoms with Gasteiger partial charge in [-0.2, -0.15) is 13.2 Å². The molecule has 0 atom stereocenters. The minimum Gasteiger partial charge on any atom is -0.339 e. The Morgan fingerprint density at radius 2 is 1.90 bits per heavy atom. The summed E-state index contributed by atoms with van der Waals surface area (Å²) in [4.78, 5) is 18.0. The maximum atomic E-state index is 12.8. The van der Waals surface area contributed by atoms with Crippen molar-refractivity contribution in [2.45, 2.75) is 44.9 Å². The molecule has 2 aliphatic rings. The third kappa shape index (κ3) is 4.23. The Hall–Kier alpha value is -2.20. The van der Waals surface area contributed by atoms with E-state index in [0.29, 0.717) is 19.6 Å². The Morgan fingerprint density at radius 3 is 2.55 bits per heavy atom. The molecule has 0 aliphatic carbocycles. The SMILES string of the molecule is Cc1nc(C(F)(F)F)ccc1C(=O)N1CCC(c2nnc3n2CCNC3)CC1.Cl. The summed E-state index contributed by atoms with van der Waals surface area (Å²) in [5.74, 6) is 1.86. The Balaban J connectivity index is 0.00000240. The third-order valence-corrected chi connectivity index (χ3v) is 5.41. The number of pyridine rings is 1. The Kier molecular flexibility index (Phi) is 6.13. The van der Waals surface area contributed by atoms with Gasteiger partial charge in [0.05, 0.1) is 17.8 Å². The highest BCUT2D eigenvalue weighted by molar-refractivity contribution is 5.95. The van der Waals surface area contributed by atoms with Crippen LogP contribution in [0.3, 0.4) is 0 Å². The fraction of sp³-hybridized carbons (Fsp3) is 0.556. The number of aryl methyl sites for hydroxylation is 1. The smallest absolute Gasteiger partial charge is 0.339 e. The van der Waals surface area contributed by atoms with Crippen molar-refractivity contribution in [1.82, 2.24) is 30.0 Å². The number of rotatable bonds is 2. The molecule has 7 nitrogen and oxygen atoms in total. The number of alkyl halides is 3.